The van der Waals surface area contributed by atoms with Crippen LogP contribution in [0.1, 0.15) is 27.6 Å². The summed E-state index contributed by atoms with van der Waals surface area (Å²) in [5, 5.41) is 9.47. The van der Waals surface area contributed by atoms with Crippen molar-refractivity contribution in [3.05, 3.63) is 35.5 Å². The van der Waals surface area contributed by atoms with Crippen LogP contribution in [0.3, 0.4) is 0 Å². The molecule has 0 saturated carbocycles. The number of carboxylic acids is 1. The standard InChI is InChI=1S/C12H11NO4/c1-2-17-12(16)7-3-4-10-8(5-7)9(6-13-10)11(14)15/h3-6,13H,2H2,1H3,(H,14,15). The number of hydrogen-bond donors (Lipinski definition) is 2. The highest BCUT2D eigenvalue weighted by molar-refractivity contribution is 6.05. The zero-order valence-electron chi connectivity index (χ0n) is 9.19. The summed E-state index contributed by atoms with van der Waals surface area (Å²) in [6.45, 7) is 2.01. The minimum atomic E-state index is -1.03. The Morgan fingerprint density at radius 3 is 2.82 bits per heavy atom. The Hall–Kier alpha value is -2.30. The lowest BCUT2D eigenvalue weighted by atomic mass is 10.1. The van der Waals surface area contributed by atoms with Crippen molar-refractivity contribution < 1.29 is 19.4 Å². The SMILES string of the molecule is CCOC(=O)c1ccc2[nH]cc(C(=O)O)c2c1. The molecule has 5 heteroatoms. The minimum absolute atomic E-state index is 0.145. The van der Waals surface area contributed by atoms with Gasteiger partial charge in [0.2, 0.25) is 0 Å². The molecule has 0 spiro atoms. The van der Waals surface area contributed by atoms with Gasteiger partial charge < -0.3 is 14.8 Å². The Labute approximate surface area is 97.0 Å². The van der Waals surface area contributed by atoms with Crippen molar-refractivity contribution in [3.8, 4) is 0 Å². The number of aromatic carboxylic acids is 1. The van der Waals surface area contributed by atoms with Gasteiger partial charge in [-0.25, -0.2) is 9.59 Å². The zero-order chi connectivity index (χ0) is 12.4. The number of H-pyrrole nitrogens is 1. The van der Waals surface area contributed by atoms with E-state index >= 15 is 0 Å². The summed E-state index contributed by atoms with van der Waals surface area (Å²) >= 11 is 0. The maximum atomic E-state index is 11.5. The van der Waals surface area contributed by atoms with Gasteiger partial charge in [-0.1, -0.05) is 0 Å². The molecular formula is C12H11NO4. The van der Waals surface area contributed by atoms with Gasteiger partial charge in [-0.3, -0.25) is 0 Å². The summed E-state index contributed by atoms with van der Waals surface area (Å²) in [4.78, 5) is 25.3. The molecule has 17 heavy (non-hydrogen) atoms. The van der Waals surface area contributed by atoms with Gasteiger partial charge in [0.1, 0.15) is 0 Å². The summed E-state index contributed by atoms with van der Waals surface area (Å²) in [5.74, 6) is -1.48. The molecule has 0 unspecified atom stereocenters. The summed E-state index contributed by atoms with van der Waals surface area (Å²) in [6.07, 6.45) is 1.40. The molecule has 2 rings (SSSR count). The first-order valence-corrected chi connectivity index (χ1v) is 5.15. The van der Waals surface area contributed by atoms with E-state index in [0.717, 1.165) is 0 Å². The van der Waals surface area contributed by atoms with Crippen molar-refractivity contribution in [2.24, 2.45) is 0 Å². The number of aromatic amines is 1. The smallest absolute Gasteiger partial charge is 0.338 e. The summed E-state index contributed by atoms with van der Waals surface area (Å²) in [6, 6.07) is 4.78. The second kappa shape index (κ2) is 4.29. The van der Waals surface area contributed by atoms with Crippen LogP contribution in [0.15, 0.2) is 24.4 Å². The topological polar surface area (TPSA) is 79.4 Å². The molecule has 88 valence electrons. The highest BCUT2D eigenvalue weighted by atomic mass is 16.5. The van der Waals surface area contributed by atoms with E-state index in [1.165, 1.54) is 12.3 Å². The molecule has 1 aromatic heterocycles. The largest absolute Gasteiger partial charge is 0.478 e. The Bertz CT molecular complexity index is 585. The first kappa shape index (κ1) is 11.2. The highest BCUT2D eigenvalue weighted by Crippen LogP contribution is 2.20. The summed E-state index contributed by atoms with van der Waals surface area (Å²) in [7, 11) is 0. The molecule has 1 heterocycles. The molecule has 2 N–H and O–H groups in total. The Morgan fingerprint density at radius 1 is 1.41 bits per heavy atom. The van der Waals surface area contributed by atoms with Crippen LogP contribution in [0.5, 0.6) is 0 Å². The van der Waals surface area contributed by atoms with E-state index in [4.69, 9.17) is 9.84 Å². The molecule has 0 saturated heterocycles. The highest BCUT2D eigenvalue weighted by Gasteiger charge is 2.13. The molecule has 0 aliphatic rings. The van der Waals surface area contributed by atoms with Gasteiger partial charge in [0, 0.05) is 17.1 Å². The maximum absolute atomic E-state index is 11.5. The van der Waals surface area contributed by atoms with Crippen LogP contribution < -0.4 is 0 Å². The monoisotopic (exact) mass is 233 g/mol. The molecule has 1 aromatic carbocycles. The fourth-order valence-electron chi connectivity index (χ4n) is 1.64. The second-order valence-corrected chi connectivity index (χ2v) is 3.49. The van der Waals surface area contributed by atoms with Gasteiger partial charge in [-0.2, -0.15) is 0 Å². The number of rotatable bonds is 3. The predicted octanol–water partition coefficient (Wildman–Crippen LogP) is 2.04. The average molecular weight is 233 g/mol. The summed E-state index contributed by atoms with van der Waals surface area (Å²) in [5.41, 5.74) is 1.17. The third kappa shape index (κ3) is 1.99. The molecule has 0 aliphatic carbocycles. The molecule has 0 amide bonds. The molecule has 0 fully saturated rings. The number of esters is 1. The lowest BCUT2D eigenvalue weighted by Gasteiger charge is -2.01. The van der Waals surface area contributed by atoms with Crippen LogP contribution in [0.2, 0.25) is 0 Å². The zero-order valence-corrected chi connectivity index (χ0v) is 9.19. The lowest BCUT2D eigenvalue weighted by molar-refractivity contribution is 0.0525. The normalized spacial score (nSPS) is 10.4. The average Bonchev–Trinajstić information content (AvgIpc) is 2.71. The van der Waals surface area contributed by atoms with Crippen LogP contribution in [0, 0.1) is 0 Å². The van der Waals surface area contributed by atoms with E-state index < -0.39 is 11.9 Å². The van der Waals surface area contributed by atoms with Gasteiger partial charge in [-0.05, 0) is 25.1 Å². The first-order chi connectivity index (χ1) is 8.13. The number of benzene rings is 1. The number of hydrogen-bond acceptors (Lipinski definition) is 3. The molecular weight excluding hydrogens is 222 g/mol. The fourth-order valence-corrected chi connectivity index (χ4v) is 1.64. The van der Waals surface area contributed by atoms with Gasteiger partial charge in [0.05, 0.1) is 17.7 Å². The summed E-state index contributed by atoms with van der Waals surface area (Å²) < 4.78 is 4.86. The van der Waals surface area contributed by atoms with Crippen LogP contribution in [-0.4, -0.2) is 28.6 Å². The third-order valence-electron chi connectivity index (χ3n) is 2.42. The van der Waals surface area contributed by atoms with E-state index in [9.17, 15) is 9.59 Å². The Morgan fingerprint density at radius 2 is 2.18 bits per heavy atom. The van der Waals surface area contributed by atoms with E-state index in [-0.39, 0.29) is 12.2 Å². The number of fused-ring (bicyclic) bond motifs is 1. The number of ether oxygens (including phenoxy) is 1. The Balaban J connectivity index is 2.51. The molecule has 0 atom stereocenters. The van der Waals surface area contributed by atoms with Crippen molar-refractivity contribution >= 4 is 22.8 Å². The van der Waals surface area contributed by atoms with E-state index in [1.54, 1.807) is 19.1 Å². The van der Waals surface area contributed by atoms with Crippen molar-refractivity contribution in [3.63, 3.8) is 0 Å². The van der Waals surface area contributed by atoms with Crippen LogP contribution >= 0.6 is 0 Å². The van der Waals surface area contributed by atoms with Gasteiger partial charge >= 0.3 is 11.9 Å². The third-order valence-corrected chi connectivity index (χ3v) is 2.42. The maximum Gasteiger partial charge on any atom is 0.338 e. The van der Waals surface area contributed by atoms with Gasteiger partial charge in [-0.15, -0.1) is 0 Å². The van der Waals surface area contributed by atoms with Crippen LogP contribution in [0.4, 0.5) is 0 Å². The second-order valence-electron chi connectivity index (χ2n) is 3.49. The molecule has 2 aromatic rings. The van der Waals surface area contributed by atoms with Crippen molar-refractivity contribution in [2.75, 3.05) is 6.61 Å². The number of carbonyl (C=O) groups excluding carboxylic acids is 1. The minimum Gasteiger partial charge on any atom is -0.478 e. The predicted molar refractivity (Wildman–Crippen MR) is 61.2 cm³/mol. The molecule has 0 bridgehead atoms. The number of aromatic nitrogens is 1. The van der Waals surface area contributed by atoms with E-state index in [2.05, 4.69) is 4.98 Å². The quantitative estimate of drug-likeness (QED) is 0.795. The van der Waals surface area contributed by atoms with Gasteiger partial charge in [0.25, 0.3) is 0 Å². The van der Waals surface area contributed by atoms with Gasteiger partial charge in [0.15, 0.2) is 0 Å². The Kier molecular flexibility index (Phi) is 2.82. The van der Waals surface area contributed by atoms with Crippen LogP contribution in [-0.2, 0) is 4.74 Å². The first-order valence-electron chi connectivity index (χ1n) is 5.15. The lowest BCUT2D eigenvalue weighted by Crippen LogP contribution is -2.04. The van der Waals surface area contributed by atoms with Crippen molar-refractivity contribution in [1.29, 1.82) is 0 Å². The number of carbonyl (C=O) groups is 2. The molecule has 0 aliphatic heterocycles. The van der Waals surface area contributed by atoms with E-state index in [1.807, 2.05) is 0 Å². The van der Waals surface area contributed by atoms with Crippen molar-refractivity contribution in [1.82, 2.24) is 4.98 Å². The fraction of sp³-hybridized carbons (Fsp3) is 0.167. The molecule has 5 nitrogen and oxygen atoms in total. The number of carboxylic acid groups (broad SMARTS) is 1. The van der Waals surface area contributed by atoms with Crippen molar-refractivity contribution in [2.45, 2.75) is 6.92 Å². The number of nitrogens with one attached hydrogen (secondary N) is 1. The van der Waals surface area contributed by atoms with E-state index in [0.29, 0.717) is 16.5 Å². The van der Waals surface area contributed by atoms with Crippen LogP contribution in [0.25, 0.3) is 10.9 Å². The molecule has 0 radical (unpaired) electrons.